The molecule has 0 radical (unpaired) electrons. The minimum absolute atomic E-state index is 0.0454. The van der Waals surface area contributed by atoms with Gasteiger partial charge in [0.05, 0.1) is 35.8 Å². The lowest BCUT2D eigenvalue weighted by atomic mass is 10.1. The Hall–Kier alpha value is -6.63. The first-order valence-corrected chi connectivity index (χ1v) is 16.9. The molecule has 11 rings (SSSR count). The molecule has 6 heteroatoms. The standard InChI is InChI=1S/C45H26N4OS/c1-3-12-27(13-4-1)43-46-44(28-14-5-2-6-15-28)48-45(47-43)29-22-23-32-39(24-29)50-38-20-11-19-36(42(32)38)49-35-18-9-7-16-30(35)33-25-34-31-17-8-10-21-40(31)51-41(34)26-37(33)49/h1-26H/i1D,2D,3D,4D,5D,6D,12D,13D,14D,15D. The number of hydrogen-bond donors (Lipinski definition) is 0. The van der Waals surface area contributed by atoms with Crippen LogP contribution in [0.25, 0.3) is 104 Å². The fourth-order valence-corrected chi connectivity index (χ4v) is 8.15. The number of thiophene rings is 1. The van der Waals surface area contributed by atoms with Gasteiger partial charge in [-0.25, -0.2) is 15.0 Å². The van der Waals surface area contributed by atoms with Gasteiger partial charge in [-0.05, 0) is 48.5 Å². The number of rotatable bonds is 4. The van der Waals surface area contributed by atoms with Gasteiger partial charge in [-0.15, -0.1) is 11.3 Å². The quantitative estimate of drug-likeness (QED) is 0.186. The molecule has 0 spiro atoms. The van der Waals surface area contributed by atoms with Crippen molar-refractivity contribution in [2.45, 2.75) is 0 Å². The monoisotopic (exact) mass is 680 g/mol. The zero-order valence-corrected chi connectivity index (χ0v) is 27.2. The Morgan fingerprint density at radius 2 is 1.18 bits per heavy atom. The maximum Gasteiger partial charge on any atom is 0.164 e. The van der Waals surface area contributed by atoms with E-state index in [1.807, 2.05) is 30.3 Å². The SMILES string of the molecule is [2H]c1c([2H])c([2H])c(-c2nc(-c3ccc4c(c3)oc3cccc(-n5c6ccccc6c6cc7c(cc65)sc5ccccc57)c34)nc(-c3c([2H])c([2H])c([2H])c([2H])c3[2H])n2)c([2H])c1[2H]. The molecule has 0 saturated carbocycles. The predicted octanol–water partition coefficient (Wildman–Crippen LogP) is 12.2. The van der Waals surface area contributed by atoms with Crippen LogP contribution < -0.4 is 0 Å². The van der Waals surface area contributed by atoms with Crippen molar-refractivity contribution in [2.75, 3.05) is 0 Å². The van der Waals surface area contributed by atoms with Crippen molar-refractivity contribution in [2.24, 2.45) is 0 Å². The summed E-state index contributed by atoms with van der Waals surface area (Å²) >= 11 is 1.76. The second kappa shape index (κ2) is 10.9. The number of para-hydroxylation sites is 1. The molecule has 0 saturated heterocycles. The largest absolute Gasteiger partial charge is 0.456 e. The lowest BCUT2D eigenvalue weighted by Crippen LogP contribution is -2.00. The van der Waals surface area contributed by atoms with Gasteiger partial charge in [0.2, 0.25) is 0 Å². The van der Waals surface area contributed by atoms with E-state index in [1.54, 1.807) is 23.5 Å². The molecule has 238 valence electrons. The van der Waals surface area contributed by atoms with E-state index in [-0.39, 0.29) is 28.6 Å². The number of fused-ring (bicyclic) bond motifs is 9. The summed E-state index contributed by atoms with van der Waals surface area (Å²) in [5.41, 5.74) is 3.78. The molecule has 0 fully saturated rings. The Bertz CT molecular complexity index is 3600. The van der Waals surface area contributed by atoms with Crippen LogP contribution in [0.2, 0.25) is 0 Å². The maximum absolute atomic E-state index is 8.67. The fraction of sp³-hybridized carbons (Fsp3) is 0. The Morgan fingerprint density at radius 3 is 1.94 bits per heavy atom. The van der Waals surface area contributed by atoms with Gasteiger partial charge in [-0.2, -0.15) is 0 Å². The summed E-state index contributed by atoms with van der Waals surface area (Å²) in [5.74, 6) is -0.722. The highest BCUT2D eigenvalue weighted by molar-refractivity contribution is 7.25. The molecule has 51 heavy (non-hydrogen) atoms. The highest BCUT2D eigenvalue weighted by Gasteiger charge is 2.20. The van der Waals surface area contributed by atoms with Gasteiger partial charge >= 0.3 is 0 Å². The molecule has 0 amide bonds. The molecular weight excluding hydrogens is 645 g/mol. The van der Waals surface area contributed by atoms with Crippen LogP contribution in [0, 0.1) is 0 Å². The predicted molar refractivity (Wildman–Crippen MR) is 211 cm³/mol. The van der Waals surface area contributed by atoms with E-state index >= 15 is 0 Å². The molecule has 0 unspecified atom stereocenters. The molecule has 7 aromatic carbocycles. The average Bonchev–Trinajstić information content (AvgIpc) is 3.94. The Labute approximate surface area is 309 Å². The average molecular weight is 681 g/mol. The lowest BCUT2D eigenvalue weighted by molar-refractivity contribution is 0.669. The third-order valence-corrected chi connectivity index (χ3v) is 10.4. The molecule has 0 aliphatic rings. The molecule has 0 atom stereocenters. The second-order valence-corrected chi connectivity index (χ2v) is 13.2. The fourth-order valence-electron chi connectivity index (χ4n) is 7.03. The molecule has 0 aliphatic carbocycles. The van der Waals surface area contributed by atoms with Crippen LogP contribution in [0.1, 0.15) is 13.7 Å². The van der Waals surface area contributed by atoms with Gasteiger partial charge in [0, 0.05) is 53.0 Å². The van der Waals surface area contributed by atoms with Gasteiger partial charge in [-0.3, -0.25) is 0 Å². The van der Waals surface area contributed by atoms with E-state index in [0.29, 0.717) is 16.7 Å². The van der Waals surface area contributed by atoms with Gasteiger partial charge in [0.15, 0.2) is 17.5 Å². The van der Waals surface area contributed by atoms with Crippen molar-refractivity contribution in [3.05, 3.63) is 157 Å². The van der Waals surface area contributed by atoms with Gasteiger partial charge in [0.25, 0.3) is 0 Å². The van der Waals surface area contributed by atoms with Gasteiger partial charge in [-0.1, -0.05) is 109 Å². The van der Waals surface area contributed by atoms with E-state index in [2.05, 4.69) is 74.1 Å². The van der Waals surface area contributed by atoms with Gasteiger partial charge in [0.1, 0.15) is 11.2 Å². The minimum Gasteiger partial charge on any atom is -0.456 e. The summed E-state index contributed by atoms with van der Waals surface area (Å²) in [5, 5.41) is 6.31. The van der Waals surface area contributed by atoms with Crippen LogP contribution >= 0.6 is 11.3 Å². The number of benzene rings is 7. The van der Waals surface area contributed by atoms with Crippen LogP contribution in [0.5, 0.6) is 0 Å². The maximum atomic E-state index is 8.67. The number of aromatic nitrogens is 4. The van der Waals surface area contributed by atoms with Gasteiger partial charge < -0.3 is 8.98 Å². The molecule has 5 nitrogen and oxygen atoms in total. The number of furan rings is 1. The van der Waals surface area contributed by atoms with E-state index in [4.69, 9.17) is 18.1 Å². The first-order valence-electron chi connectivity index (χ1n) is 21.1. The number of nitrogens with zero attached hydrogens (tertiary/aromatic N) is 4. The second-order valence-electron chi connectivity index (χ2n) is 12.1. The molecule has 0 N–H and O–H groups in total. The van der Waals surface area contributed by atoms with Crippen molar-refractivity contribution < 1.29 is 18.1 Å². The molecule has 0 aliphatic heterocycles. The van der Waals surface area contributed by atoms with Crippen LogP contribution in [0.3, 0.4) is 0 Å². The van der Waals surface area contributed by atoms with Crippen molar-refractivity contribution in [3.8, 4) is 39.9 Å². The van der Waals surface area contributed by atoms with Crippen molar-refractivity contribution >= 4 is 75.3 Å². The lowest BCUT2D eigenvalue weighted by Gasteiger charge is -2.10. The first kappa shape index (κ1) is 20.1. The molecule has 4 heterocycles. The molecule has 4 aromatic heterocycles. The highest BCUT2D eigenvalue weighted by Crippen LogP contribution is 2.43. The zero-order valence-electron chi connectivity index (χ0n) is 36.3. The Morgan fingerprint density at radius 1 is 0.490 bits per heavy atom. The van der Waals surface area contributed by atoms with Crippen LogP contribution in [-0.2, 0) is 0 Å². The normalized spacial score (nSPS) is 14.7. The smallest absolute Gasteiger partial charge is 0.164 e. The summed E-state index contributed by atoms with van der Waals surface area (Å²) in [4.78, 5) is 13.6. The first-order chi connectivity index (χ1) is 29.4. The molecule has 11 aromatic rings. The van der Waals surface area contributed by atoms with E-state index in [0.717, 1.165) is 38.3 Å². The number of hydrogen-bond acceptors (Lipinski definition) is 5. The Kier molecular flexibility index (Phi) is 4.32. The van der Waals surface area contributed by atoms with Crippen LogP contribution in [-0.4, -0.2) is 19.5 Å². The summed E-state index contributed by atoms with van der Waals surface area (Å²) < 4.78 is 95.4. The summed E-state index contributed by atoms with van der Waals surface area (Å²) in [6, 6.07) is 26.6. The van der Waals surface area contributed by atoms with Crippen LogP contribution in [0.4, 0.5) is 0 Å². The topological polar surface area (TPSA) is 56.7 Å². The molecular formula is C45H26N4OS. The van der Waals surface area contributed by atoms with E-state index in [9.17, 15) is 0 Å². The third kappa shape index (κ3) is 4.37. The molecule has 0 bridgehead atoms. The van der Waals surface area contributed by atoms with E-state index < -0.39 is 60.4 Å². The van der Waals surface area contributed by atoms with Crippen molar-refractivity contribution in [1.82, 2.24) is 19.5 Å². The summed E-state index contributed by atoms with van der Waals surface area (Å²) in [6.07, 6.45) is 0. The third-order valence-electron chi connectivity index (χ3n) is 9.23. The highest BCUT2D eigenvalue weighted by atomic mass is 32.1. The Balaban J connectivity index is 1.14. The summed E-state index contributed by atoms with van der Waals surface area (Å²) in [6.45, 7) is 0. The summed E-state index contributed by atoms with van der Waals surface area (Å²) in [7, 11) is 0. The van der Waals surface area contributed by atoms with E-state index in [1.165, 1.54) is 20.2 Å². The minimum atomic E-state index is -0.613. The zero-order chi connectivity index (χ0) is 42.2. The van der Waals surface area contributed by atoms with Crippen LogP contribution in [0.15, 0.2) is 162 Å². The van der Waals surface area contributed by atoms with Crippen molar-refractivity contribution in [1.29, 1.82) is 0 Å². The van der Waals surface area contributed by atoms with Crippen molar-refractivity contribution in [3.63, 3.8) is 0 Å².